The summed E-state index contributed by atoms with van der Waals surface area (Å²) in [5.74, 6) is -0.325. The third-order valence-corrected chi connectivity index (χ3v) is 3.18. The van der Waals surface area contributed by atoms with Gasteiger partial charge in [0.05, 0.1) is 6.26 Å². The van der Waals surface area contributed by atoms with Crippen LogP contribution in [0, 0.1) is 5.82 Å². The van der Waals surface area contributed by atoms with E-state index in [2.05, 4.69) is 42.0 Å². The zero-order chi connectivity index (χ0) is 13.3. The molecular weight excluding hydrogens is 297 g/mol. The van der Waals surface area contributed by atoms with Crippen molar-refractivity contribution in [1.82, 2.24) is 5.32 Å². The van der Waals surface area contributed by atoms with Crippen LogP contribution < -0.4 is 5.32 Å². The standard InChI is InChI=1S/C14H17BrFNO/c1-14(2,3)17-5-4-9-8-18-13-11(9)6-10(15)7-12(13)16/h6-8,17H,4-5H2,1-3H3. The lowest BCUT2D eigenvalue weighted by Crippen LogP contribution is -2.37. The predicted molar refractivity (Wildman–Crippen MR) is 75.3 cm³/mol. The average molecular weight is 314 g/mol. The zero-order valence-corrected chi connectivity index (χ0v) is 12.4. The van der Waals surface area contributed by atoms with E-state index in [0.717, 1.165) is 28.4 Å². The quantitative estimate of drug-likeness (QED) is 0.915. The molecule has 0 atom stereocenters. The second kappa shape index (κ2) is 5.02. The molecule has 98 valence electrons. The van der Waals surface area contributed by atoms with Crippen molar-refractivity contribution >= 4 is 26.9 Å². The fraction of sp³-hybridized carbons (Fsp3) is 0.429. The molecule has 0 amide bonds. The van der Waals surface area contributed by atoms with Crippen LogP contribution in [0.2, 0.25) is 0 Å². The van der Waals surface area contributed by atoms with Crippen LogP contribution in [0.1, 0.15) is 26.3 Å². The van der Waals surface area contributed by atoms with E-state index < -0.39 is 0 Å². The molecule has 2 nitrogen and oxygen atoms in total. The van der Waals surface area contributed by atoms with Crippen LogP contribution in [0.25, 0.3) is 11.0 Å². The van der Waals surface area contributed by atoms with E-state index in [1.807, 2.05) is 6.07 Å². The SMILES string of the molecule is CC(C)(C)NCCc1coc2c(F)cc(Br)cc12. The first-order valence-corrected chi connectivity index (χ1v) is 6.76. The van der Waals surface area contributed by atoms with Crippen LogP contribution in [-0.2, 0) is 6.42 Å². The number of hydrogen-bond donors (Lipinski definition) is 1. The van der Waals surface area contributed by atoms with Crippen molar-refractivity contribution in [3.05, 3.63) is 34.2 Å². The molecule has 4 heteroatoms. The van der Waals surface area contributed by atoms with Gasteiger partial charge in [0.1, 0.15) is 0 Å². The zero-order valence-electron chi connectivity index (χ0n) is 10.8. The molecule has 0 spiro atoms. The van der Waals surface area contributed by atoms with E-state index in [4.69, 9.17) is 4.42 Å². The highest BCUT2D eigenvalue weighted by Crippen LogP contribution is 2.28. The van der Waals surface area contributed by atoms with Gasteiger partial charge in [-0.1, -0.05) is 15.9 Å². The molecule has 0 bridgehead atoms. The summed E-state index contributed by atoms with van der Waals surface area (Å²) >= 11 is 3.30. The van der Waals surface area contributed by atoms with E-state index in [-0.39, 0.29) is 11.4 Å². The van der Waals surface area contributed by atoms with E-state index in [9.17, 15) is 4.39 Å². The van der Waals surface area contributed by atoms with Gasteiger partial charge in [0.25, 0.3) is 0 Å². The van der Waals surface area contributed by atoms with Crippen molar-refractivity contribution in [3.8, 4) is 0 Å². The fourth-order valence-corrected chi connectivity index (χ4v) is 2.31. The molecule has 0 aliphatic carbocycles. The summed E-state index contributed by atoms with van der Waals surface area (Å²) < 4.78 is 19.7. The van der Waals surface area contributed by atoms with Crippen LogP contribution in [0.4, 0.5) is 4.39 Å². The predicted octanol–water partition coefficient (Wildman–Crippen LogP) is 4.27. The van der Waals surface area contributed by atoms with Crippen LogP contribution >= 0.6 is 15.9 Å². The first-order valence-electron chi connectivity index (χ1n) is 5.97. The topological polar surface area (TPSA) is 25.2 Å². The molecule has 2 aromatic rings. The molecule has 1 aromatic carbocycles. The Kier molecular flexibility index (Phi) is 3.78. The number of furan rings is 1. The minimum atomic E-state index is -0.325. The minimum Gasteiger partial charge on any atom is -0.461 e. The van der Waals surface area contributed by atoms with Gasteiger partial charge >= 0.3 is 0 Å². The first kappa shape index (κ1) is 13.6. The van der Waals surface area contributed by atoms with Crippen LogP contribution in [0.3, 0.4) is 0 Å². The Morgan fingerprint density at radius 1 is 1.33 bits per heavy atom. The third-order valence-electron chi connectivity index (χ3n) is 2.72. The van der Waals surface area contributed by atoms with Gasteiger partial charge in [0.15, 0.2) is 11.4 Å². The number of rotatable bonds is 3. The Balaban J connectivity index is 2.19. The van der Waals surface area contributed by atoms with Gasteiger partial charge in [-0.05, 0) is 51.4 Å². The Bertz CT molecular complexity index is 557. The summed E-state index contributed by atoms with van der Waals surface area (Å²) in [4.78, 5) is 0. The summed E-state index contributed by atoms with van der Waals surface area (Å²) in [5.41, 5.74) is 1.46. The normalized spacial score (nSPS) is 12.3. The molecule has 0 radical (unpaired) electrons. The highest BCUT2D eigenvalue weighted by Gasteiger charge is 2.13. The molecule has 0 unspecified atom stereocenters. The molecule has 0 aliphatic heterocycles. The summed E-state index contributed by atoms with van der Waals surface area (Å²) in [6.07, 6.45) is 2.46. The molecule has 0 aliphatic rings. The van der Waals surface area contributed by atoms with Gasteiger partial charge in [-0.3, -0.25) is 0 Å². The van der Waals surface area contributed by atoms with Crippen LogP contribution in [0.15, 0.2) is 27.3 Å². The van der Waals surface area contributed by atoms with Crippen molar-refractivity contribution in [3.63, 3.8) is 0 Å². The summed E-state index contributed by atoms with van der Waals surface area (Å²) in [6.45, 7) is 7.20. The number of halogens is 2. The minimum absolute atomic E-state index is 0.0887. The average Bonchev–Trinajstić information content (AvgIpc) is 2.60. The lowest BCUT2D eigenvalue weighted by atomic mass is 10.1. The molecule has 2 rings (SSSR count). The van der Waals surface area contributed by atoms with Gasteiger partial charge in [-0.15, -0.1) is 0 Å². The van der Waals surface area contributed by atoms with Gasteiger partial charge in [-0.2, -0.15) is 0 Å². The number of hydrogen-bond acceptors (Lipinski definition) is 2. The van der Waals surface area contributed by atoms with E-state index in [1.165, 1.54) is 6.07 Å². The maximum Gasteiger partial charge on any atom is 0.169 e. The summed E-state index contributed by atoms with van der Waals surface area (Å²) in [5, 5.41) is 4.25. The Labute approximate surface area is 115 Å². The Morgan fingerprint density at radius 3 is 2.72 bits per heavy atom. The van der Waals surface area contributed by atoms with Crippen molar-refractivity contribution in [1.29, 1.82) is 0 Å². The molecule has 1 N–H and O–H groups in total. The molecule has 0 saturated heterocycles. The van der Waals surface area contributed by atoms with Gasteiger partial charge in [0.2, 0.25) is 0 Å². The van der Waals surface area contributed by atoms with Gasteiger partial charge < -0.3 is 9.73 Å². The Hall–Kier alpha value is -0.870. The molecule has 0 saturated carbocycles. The maximum absolute atomic E-state index is 13.6. The molecule has 1 heterocycles. The first-order chi connectivity index (χ1) is 8.37. The Morgan fingerprint density at radius 2 is 2.06 bits per heavy atom. The second-order valence-corrected chi connectivity index (χ2v) is 6.37. The highest BCUT2D eigenvalue weighted by molar-refractivity contribution is 9.10. The summed E-state index contributed by atoms with van der Waals surface area (Å²) in [7, 11) is 0. The van der Waals surface area contributed by atoms with E-state index >= 15 is 0 Å². The largest absolute Gasteiger partial charge is 0.461 e. The number of benzene rings is 1. The van der Waals surface area contributed by atoms with Crippen molar-refractivity contribution in [2.24, 2.45) is 0 Å². The smallest absolute Gasteiger partial charge is 0.169 e. The fourth-order valence-electron chi connectivity index (χ4n) is 1.88. The lowest BCUT2D eigenvalue weighted by molar-refractivity contribution is 0.429. The van der Waals surface area contributed by atoms with E-state index in [1.54, 1.807) is 6.26 Å². The van der Waals surface area contributed by atoms with E-state index in [0.29, 0.717) is 5.58 Å². The molecule has 0 fully saturated rings. The third kappa shape index (κ3) is 3.12. The monoisotopic (exact) mass is 313 g/mol. The van der Waals surface area contributed by atoms with Gasteiger partial charge in [0, 0.05) is 15.4 Å². The lowest BCUT2D eigenvalue weighted by Gasteiger charge is -2.20. The van der Waals surface area contributed by atoms with Gasteiger partial charge in [-0.25, -0.2) is 4.39 Å². The van der Waals surface area contributed by atoms with Crippen LogP contribution in [-0.4, -0.2) is 12.1 Å². The van der Waals surface area contributed by atoms with Crippen molar-refractivity contribution in [2.75, 3.05) is 6.54 Å². The highest BCUT2D eigenvalue weighted by atomic mass is 79.9. The number of fused-ring (bicyclic) bond motifs is 1. The molecule has 1 aromatic heterocycles. The molecular formula is C14H17BrFNO. The van der Waals surface area contributed by atoms with Crippen molar-refractivity contribution < 1.29 is 8.81 Å². The summed E-state index contributed by atoms with van der Waals surface area (Å²) in [6, 6.07) is 3.32. The number of nitrogens with one attached hydrogen (secondary N) is 1. The van der Waals surface area contributed by atoms with Crippen LogP contribution in [0.5, 0.6) is 0 Å². The second-order valence-electron chi connectivity index (χ2n) is 5.45. The van der Waals surface area contributed by atoms with Crippen molar-refractivity contribution in [2.45, 2.75) is 32.7 Å². The molecule has 18 heavy (non-hydrogen) atoms. The maximum atomic E-state index is 13.6.